The van der Waals surface area contributed by atoms with Crippen LogP contribution in [0.5, 0.6) is 0 Å². The molecular weight excluding hydrogens is 242 g/mol. The average Bonchev–Trinajstić information content (AvgIpc) is 2.66. The molecule has 0 fully saturated rings. The summed E-state index contributed by atoms with van der Waals surface area (Å²) in [6.45, 7) is 2.64. The summed E-state index contributed by atoms with van der Waals surface area (Å²) in [6.07, 6.45) is 0. The van der Waals surface area contributed by atoms with Crippen LogP contribution in [0.2, 0.25) is 5.02 Å². The molecule has 0 aliphatic heterocycles. The number of halogens is 1. The van der Waals surface area contributed by atoms with Crippen molar-refractivity contribution in [3.63, 3.8) is 0 Å². The monoisotopic (exact) mass is 253 g/mol. The van der Waals surface area contributed by atoms with Crippen LogP contribution in [-0.2, 0) is 6.54 Å². The Kier molecular flexibility index (Phi) is 3.31. The third kappa shape index (κ3) is 2.65. The fraction of sp³-hybridized carbons (Fsp3) is 0.182. The summed E-state index contributed by atoms with van der Waals surface area (Å²) in [5, 5.41) is 6.55. The minimum atomic E-state index is 0.596. The number of nitrogen functional groups attached to an aromatic ring is 1. The summed E-state index contributed by atoms with van der Waals surface area (Å²) < 4.78 is 0. The molecule has 3 N–H and O–H groups in total. The van der Waals surface area contributed by atoms with E-state index in [2.05, 4.69) is 10.3 Å². The van der Waals surface area contributed by atoms with Crippen molar-refractivity contribution in [3.05, 3.63) is 39.9 Å². The summed E-state index contributed by atoms with van der Waals surface area (Å²) in [5.74, 6) is 0. The number of anilines is 2. The normalized spacial score (nSPS) is 10.4. The van der Waals surface area contributed by atoms with Gasteiger partial charge in [0.1, 0.15) is 0 Å². The number of rotatable bonds is 3. The standard InChI is InChI=1S/C11H12ClN3S/c1-7-2-3-8(4-10(7)12)14-5-9-6-16-11(13)15-9/h2-4,6,14H,5H2,1H3,(H2,13,15). The van der Waals surface area contributed by atoms with E-state index in [0.717, 1.165) is 22.0 Å². The first kappa shape index (κ1) is 11.2. The third-order valence-corrected chi connectivity index (χ3v) is 3.34. The van der Waals surface area contributed by atoms with E-state index in [4.69, 9.17) is 17.3 Å². The minimum absolute atomic E-state index is 0.596. The highest BCUT2D eigenvalue weighted by atomic mass is 35.5. The largest absolute Gasteiger partial charge is 0.379 e. The van der Waals surface area contributed by atoms with Crippen LogP contribution in [0, 0.1) is 6.92 Å². The van der Waals surface area contributed by atoms with E-state index in [1.54, 1.807) is 0 Å². The molecule has 0 radical (unpaired) electrons. The van der Waals surface area contributed by atoms with Crippen molar-refractivity contribution in [1.29, 1.82) is 0 Å². The van der Waals surface area contributed by atoms with Crippen LogP contribution in [-0.4, -0.2) is 4.98 Å². The molecule has 0 saturated carbocycles. The highest BCUT2D eigenvalue weighted by molar-refractivity contribution is 7.13. The van der Waals surface area contributed by atoms with Gasteiger partial charge in [-0.2, -0.15) is 0 Å². The third-order valence-electron chi connectivity index (χ3n) is 2.21. The molecule has 0 saturated heterocycles. The second kappa shape index (κ2) is 4.72. The molecule has 0 aliphatic carbocycles. The molecule has 3 nitrogen and oxygen atoms in total. The van der Waals surface area contributed by atoms with Gasteiger partial charge in [-0.15, -0.1) is 11.3 Å². The molecule has 5 heteroatoms. The van der Waals surface area contributed by atoms with E-state index in [0.29, 0.717) is 11.7 Å². The van der Waals surface area contributed by atoms with Crippen LogP contribution in [0.15, 0.2) is 23.6 Å². The molecule has 0 spiro atoms. The maximum Gasteiger partial charge on any atom is 0.180 e. The smallest absolute Gasteiger partial charge is 0.180 e. The van der Waals surface area contributed by atoms with Gasteiger partial charge in [-0.25, -0.2) is 4.98 Å². The molecule has 0 amide bonds. The second-order valence-corrected chi connectivity index (χ2v) is 4.79. The Labute approximate surface area is 103 Å². The molecule has 0 bridgehead atoms. The van der Waals surface area contributed by atoms with Crippen molar-refractivity contribution in [3.8, 4) is 0 Å². The van der Waals surface area contributed by atoms with Gasteiger partial charge in [-0.05, 0) is 24.6 Å². The Bertz CT molecular complexity index is 496. The molecule has 1 heterocycles. The predicted molar refractivity (Wildman–Crippen MR) is 70.0 cm³/mol. The minimum Gasteiger partial charge on any atom is -0.379 e. The predicted octanol–water partition coefficient (Wildman–Crippen LogP) is 3.30. The number of nitrogens with two attached hydrogens (primary N) is 1. The van der Waals surface area contributed by atoms with Crippen LogP contribution in [0.1, 0.15) is 11.3 Å². The average molecular weight is 254 g/mol. The van der Waals surface area contributed by atoms with Crippen LogP contribution < -0.4 is 11.1 Å². The van der Waals surface area contributed by atoms with Gasteiger partial charge in [0.2, 0.25) is 0 Å². The van der Waals surface area contributed by atoms with E-state index < -0.39 is 0 Å². The van der Waals surface area contributed by atoms with Gasteiger partial charge >= 0.3 is 0 Å². The van der Waals surface area contributed by atoms with Crippen LogP contribution in [0.25, 0.3) is 0 Å². The Morgan fingerprint density at radius 3 is 2.94 bits per heavy atom. The van der Waals surface area contributed by atoms with Crippen LogP contribution >= 0.6 is 22.9 Å². The number of benzene rings is 1. The van der Waals surface area contributed by atoms with Gasteiger partial charge in [0.05, 0.1) is 12.2 Å². The molecular formula is C11H12ClN3S. The zero-order valence-corrected chi connectivity index (χ0v) is 10.4. The summed E-state index contributed by atoms with van der Waals surface area (Å²) in [5.41, 5.74) is 8.56. The molecule has 1 aromatic heterocycles. The quantitative estimate of drug-likeness (QED) is 0.883. The molecule has 84 valence electrons. The van der Waals surface area contributed by atoms with Crippen molar-refractivity contribution in [1.82, 2.24) is 4.98 Å². The SMILES string of the molecule is Cc1ccc(NCc2csc(N)n2)cc1Cl. The van der Waals surface area contributed by atoms with E-state index >= 15 is 0 Å². The maximum absolute atomic E-state index is 6.03. The van der Waals surface area contributed by atoms with Gasteiger partial charge in [-0.1, -0.05) is 17.7 Å². The van der Waals surface area contributed by atoms with Crippen molar-refractivity contribution < 1.29 is 0 Å². The van der Waals surface area contributed by atoms with Gasteiger partial charge in [-0.3, -0.25) is 0 Å². The number of nitrogens with one attached hydrogen (secondary N) is 1. The Balaban J connectivity index is 2.02. The molecule has 0 unspecified atom stereocenters. The lowest BCUT2D eigenvalue weighted by molar-refractivity contribution is 1.08. The first-order chi connectivity index (χ1) is 7.65. The summed E-state index contributed by atoms with van der Waals surface area (Å²) in [7, 11) is 0. The van der Waals surface area contributed by atoms with E-state index in [9.17, 15) is 0 Å². The van der Waals surface area contributed by atoms with Crippen molar-refractivity contribution in [2.45, 2.75) is 13.5 Å². The van der Waals surface area contributed by atoms with E-state index in [1.807, 2.05) is 30.5 Å². The van der Waals surface area contributed by atoms with E-state index in [-0.39, 0.29) is 0 Å². The van der Waals surface area contributed by atoms with Crippen molar-refractivity contribution in [2.75, 3.05) is 11.1 Å². The maximum atomic E-state index is 6.03. The first-order valence-corrected chi connectivity index (χ1v) is 6.11. The van der Waals surface area contributed by atoms with Crippen LogP contribution in [0.4, 0.5) is 10.8 Å². The van der Waals surface area contributed by atoms with Gasteiger partial charge in [0.15, 0.2) is 5.13 Å². The summed E-state index contributed by atoms with van der Waals surface area (Å²) in [4.78, 5) is 4.17. The lowest BCUT2D eigenvalue weighted by Crippen LogP contribution is -2.00. The van der Waals surface area contributed by atoms with Gasteiger partial charge < -0.3 is 11.1 Å². The number of thiazole rings is 1. The molecule has 16 heavy (non-hydrogen) atoms. The van der Waals surface area contributed by atoms with Crippen LogP contribution in [0.3, 0.4) is 0 Å². The Hall–Kier alpha value is -1.26. The lowest BCUT2D eigenvalue weighted by atomic mass is 10.2. The number of hydrogen-bond acceptors (Lipinski definition) is 4. The van der Waals surface area contributed by atoms with E-state index in [1.165, 1.54) is 11.3 Å². The lowest BCUT2D eigenvalue weighted by Gasteiger charge is -2.06. The molecule has 2 aromatic rings. The number of aromatic nitrogens is 1. The van der Waals surface area contributed by atoms with Crippen molar-refractivity contribution >= 4 is 33.8 Å². The highest BCUT2D eigenvalue weighted by Crippen LogP contribution is 2.20. The van der Waals surface area contributed by atoms with Gasteiger partial charge in [0.25, 0.3) is 0 Å². The van der Waals surface area contributed by atoms with Crippen molar-refractivity contribution in [2.24, 2.45) is 0 Å². The zero-order valence-electron chi connectivity index (χ0n) is 8.83. The molecule has 0 atom stereocenters. The number of hydrogen-bond donors (Lipinski definition) is 2. The first-order valence-electron chi connectivity index (χ1n) is 4.85. The Morgan fingerprint density at radius 2 is 2.31 bits per heavy atom. The highest BCUT2D eigenvalue weighted by Gasteiger charge is 2.00. The van der Waals surface area contributed by atoms with Gasteiger partial charge in [0, 0.05) is 16.1 Å². The fourth-order valence-electron chi connectivity index (χ4n) is 1.30. The fourth-order valence-corrected chi connectivity index (χ4v) is 2.04. The summed E-state index contributed by atoms with van der Waals surface area (Å²) >= 11 is 7.47. The second-order valence-electron chi connectivity index (χ2n) is 3.49. The molecule has 1 aromatic carbocycles. The zero-order chi connectivity index (χ0) is 11.5. The Morgan fingerprint density at radius 1 is 1.50 bits per heavy atom. The number of aryl methyl sites for hydroxylation is 1. The summed E-state index contributed by atoms with van der Waals surface area (Å²) in [6, 6.07) is 5.89. The molecule has 2 rings (SSSR count). The molecule has 0 aliphatic rings. The number of nitrogens with zero attached hydrogens (tertiary/aromatic N) is 1. The topological polar surface area (TPSA) is 50.9 Å².